The van der Waals surface area contributed by atoms with Crippen LogP contribution in [0.5, 0.6) is 5.75 Å². The molecule has 4 heteroatoms. The van der Waals surface area contributed by atoms with Crippen molar-refractivity contribution in [1.82, 2.24) is 0 Å². The zero-order valence-electron chi connectivity index (χ0n) is 26.7. The Kier molecular flexibility index (Phi) is 9.13. The average molecular weight is 605 g/mol. The van der Waals surface area contributed by atoms with Gasteiger partial charge in [-0.05, 0) is 96.7 Å². The van der Waals surface area contributed by atoms with Crippen LogP contribution in [0, 0.1) is 18.3 Å². The van der Waals surface area contributed by atoms with E-state index in [-0.39, 0.29) is 18.1 Å². The molecule has 4 aromatic rings. The smallest absolute Gasteiger partial charge is 0.183 e. The first kappa shape index (κ1) is 30.6. The lowest BCUT2D eigenvalue weighted by atomic mass is 9.86. The molecule has 1 N–H and O–H groups in total. The van der Waals surface area contributed by atoms with Crippen molar-refractivity contribution in [3.05, 3.63) is 162 Å². The van der Waals surface area contributed by atoms with Crippen LogP contribution in [0.25, 0.3) is 5.57 Å². The molecule has 46 heavy (non-hydrogen) atoms. The molecule has 4 nitrogen and oxygen atoms in total. The molecule has 0 aliphatic carbocycles. The third-order valence-corrected chi connectivity index (χ3v) is 9.05. The van der Waals surface area contributed by atoms with Gasteiger partial charge in [-0.2, -0.15) is 0 Å². The Balaban J connectivity index is 1.45. The maximum Gasteiger partial charge on any atom is 0.183 e. The van der Waals surface area contributed by atoms with Gasteiger partial charge in [-0.3, -0.25) is 0 Å². The molecule has 0 amide bonds. The Bertz CT molecular complexity index is 1850. The second-order valence-corrected chi connectivity index (χ2v) is 11.7. The Labute approximate surface area is 273 Å². The maximum absolute atomic E-state index is 6.46. The monoisotopic (exact) mass is 604 g/mol. The van der Waals surface area contributed by atoms with Gasteiger partial charge in [0.15, 0.2) is 6.23 Å². The molecule has 6 rings (SSSR count). The van der Waals surface area contributed by atoms with Gasteiger partial charge in [-0.1, -0.05) is 86.2 Å². The van der Waals surface area contributed by atoms with Gasteiger partial charge < -0.3 is 19.7 Å². The minimum atomic E-state index is -0.127. The molecule has 0 bridgehead atoms. The van der Waals surface area contributed by atoms with Crippen LogP contribution in [0.4, 0.5) is 17.1 Å². The number of hydrogen-bond acceptors (Lipinski definition) is 4. The summed E-state index contributed by atoms with van der Waals surface area (Å²) < 4.78 is 12.3. The number of anilines is 3. The minimum absolute atomic E-state index is 0.127. The van der Waals surface area contributed by atoms with Crippen LogP contribution >= 0.6 is 0 Å². The van der Waals surface area contributed by atoms with Gasteiger partial charge in [0, 0.05) is 40.2 Å². The van der Waals surface area contributed by atoms with Gasteiger partial charge in [0.1, 0.15) is 11.5 Å². The summed E-state index contributed by atoms with van der Waals surface area (Å²) in [6.07, 6.45) is 13.5. The number of allylic oxidation sites excluding steroid dienone is 5. The van der Waals surface area contributed by atoms with Crippen molar-refractivity contribution >= 4 is 22.6 Å². The highest BCUT2D eigenvalue weighted by atomic mass is 16.5. The molecular weight excluding hydrogens is 564 g/mol. The molecular formula is C42H40N2O2. The van der Waals surface area contributed by atoms with Crippen LogP contribution in [0.1, 0.15) is 49.3 Å². The Morgan fingerprint density at radius 1 is 1.02 bits per heavy atom. The van der Waals surface area contributed by atoms with E-state index in [0.29, 0.717) is 0 Å². The largest absolute Gasteiger partial charge is 0.496 e. The standard InChI is InChI=1S/C42H40N2O2/c1-6-17-30(26-34-28-38-29(4)40(8-3)46-42(38)44(34)33-20-13-10-14-21-33)31-24-25-36(39(27-31)43-32-18-11-9-12-19-32)35(7-2)37-22-15-16-23-41(37)45-5/h1,8-27,35,38,42-43H,3,7,28H2,2,4-5H3/b30-17+,34-26+. The highest BCUT2D eigenvalue weighted by Crippen LogP contribution is 2.48. The van der Waals surface area contributed by atoms with E-state index in [9.17, 15) is 0 Å². The fourth-order valence-corrected chi connectivity index (χ4v) is 6.78. The molecule has 0 saturated carbocycles. The van der Waals surface area contributed by atoms with Gasteiger partial charge in [0.25, 0.3) is 0 Å². The predicted molar refractivity (Wildman–Crippen MR) is 191 cm³/mol. The molecule has 1 fully saturated rings. The molecule has 2 aliphatic rings. The number of rotatable bonds is 10. The van der Waals surface area contributed by atoms with E-state index < -0.39 is 0 Å². The third kappa shape index (κ3) is 5.97. The molecule has 230 valence electrons. The van der Waals surface area contributed by atoms with Crippen molar-refractivity contribution in [2.75, 3.05) is 17.3 Å². The SMILES string of the molecule is C#C/C=C(\C=C1/CC2C(C)=C(C=C)OC2N1c1ccccc1)c1ccc(C(CC)c2ccccc2OC)c(Nc2ccccc2)c1. The highest BCUT2D eigenvalue weighted by Gasteiger charge is 2.45. The molecule has 3 unspecified atom stereocenters. The lowest BCUT2D eigenvalue weighted by Gasteiger charge is -2.28. The van der Waals surface area contributed by atoms with E-state index in [0.717, 1.165) is 63.8 Å². The van der Waals surface area contributed by atoms with Crippen LogP contribution in [-0.2, 0) is 4.74 Å². The quantitative estimate of drug-likeness (QED) is 0.183. The maximum atomic E-state index is 6.46. The second-order valence-electron chi connectivity index (χ2n) is 11.7. The normalized spacial score (nSPS) is 19.0. The zero-order valence-corrected chi connectivity index (χ0v) is 26.7. The first-order valence-corrected chi connectivity index (χ1v) is 15.9. The highest BCUT2D eigenvalue weighted by molar-refractivity contribution is 5.81. The molecule has 2 heterocycles. The summed E-state index contributed by atoms with van der Waals surface area (Å²) in [6.45, 7) is 8.35. The number of ether oxygens (including phenoxy) is 2. The summed E-state index contributed by atoms with van der Waals surface area (Å²) >= 11 is 0. The molecule has 0 aromatic heterocycles. The second kappa shape index (κ2) is 13.7. The van der Waals surface area contributed by atoms with Gasteiger partial charge in [0.2, 0.25) is 0 Å². The van der Waals surface area contributed by atoms with Crippen molar-refractivity contribution < 1.29 is 9.47 Å². The van der Waals surface area contributed by atoms with Crippen molar-refractivity contribution in [2.45, 2.75) is 38.8 Å². The summed E-state index contributed by atoms with van der Waals surface area (Å²) in [6, 6.07) is 35.6. The number of para-hydroxylation sites is 3. The van der Waals surface area contributed by atoms with Gasteiger partial charge in [0.05, 0.1) is 7.11 Å². The number of methoxy groups -OCH3 is 1. The number of terminal acetylenes is 1. The lowest BCUT2D eigenvalue weighted by Crippen LogP contribution is -2.31. The predicted octanol–water partition coefficient (Wildman–Crippen LogP) is 10.2. The first-order chi connectivity index (χ1) is 22.6. The number of hydrogen-bond donors (Lipinski definition) is 1. The molecule has 3 atom stereocenters. The van der Waals surface area contributed by atoms with Crippen LogP contribution in [0.2, 0.25) is 0 Å². The molecule has 2 aliphatic heterocycles. The Morgan fingerprint density at radius 2 is 1.74 bits per heavy atom. The number of benzene rings is 4. The summed E-state index contributed by atoms with van der Waals surface area (Å²) in [5, 5.41) is 3.72. The fourth-order valence-electron chi connectivity index (χ4n) is 6.78. The van der Waals surface area contributed by atoms with Crippen LogP contribution in [0.15, 0.2) is 145 Å². The van der Waals surface area contributed by atoms with E-state index in [1.165, 1.54) is 11.1 Å². The average Bonchev–Trinajstić information content (AvgIpc) is 3.61. The topological polar surface area (TPSA) is 33.7 Å². The molecule has 0 spiro atoms. The first-order valence-electron chi connectivity index (χ1n) is 15.9. The summed E-state index contributed by atoms with van der Waals surface area (Å²) in [7, 11) is 1.73. The Morgan fingerprint density at radius 3 is 2.43 bits per heavy atom. The fraction of sp³-hybridized carbons (Fsp3) is 0.190. The number of nitrogens with zero attached hydrogens (tertiary/aromatic N) is 1. The summed E-state index contributed by atoms with van der Waals surface area (Å²) in [5.74, 6) is 4.94. The van der Waals surface area contributed by atoms with Crippen LogP contribution in [0.3, 0.4) is 0 Å². The molecule has 4 aromatic carbocycles. The summed E-state index contributed by atoms with van der Waals surface area (Å²) in [4.78, 5) is 2.31. The van der Waals surface area contributed by atoms with E-state index >= 15 is 0 Å². The van der Waals surface area contributed by atoms with Crippen molar-refractivity contribution in [1.29, 1.82) is 0 Å². The molecule has 0 radical (unpaired) electrons. The zero-order chi connectivity index (χ0) is 32.0. The van der Waals surface area contributed by atoms with Crippen molar-refractivity contribution in [3.63, 3.8) is 0 Å². The van der Waals surface area contributed by atoms with E-state index in [1.54, 1.807) is 7.11 Å². The van der Waals surface area contributed by atoms with E-state index in [2.05, 4.69) is 109 Å². The number of nitrogens with one attached hydrogen (secondary N) is 1. The van der Waals surface area contributed by atoms with Gasteiger partial charge in [-0.25, -0.2) is 0 Å². The van der Waals surface area contributed by atoms with Gasteiger partial charge >= 0.3 is 0 Å². The van der Waals surface area contributed by atoms with Crippen molar-refractivity contribution in [2.24, 2.45) is 5.92 Å². The minimum Gasteiger partial charge on any atom is -0.496 e. The van der Waals surface area contributed by atoms with Gasteiger partial charge in [-0.15, -0.1) is 6.42 Å². The van der Waals surface area contributed by atoms with Crippen LogP contribution in [-0.4, -0.2) is 13.3 Å². The summed E-state index contributed by atoms with van der Waals surface area (Å²) in [5.41, 5.74) is 9.89. The third-order valence-electron chi connectivity index (χ3n) is 9.05. The van der Waals surface area contributed by atoms with E-state index in [4.69, 9.17) is 15.9 Å². The van der Waals surface area contributed by atoms with Crippen molar-refractivity contribution in [3.8, 4) is 18.1 Å². The van der Waals surface area contributed by atoms with E-state index in [1.807, 2.05) is 48.6 Å². The van der Waals surface area contributed by atoms with Crippen LogP contribution < -0.4 is 15.0 Å². The lowest BCUT2D eigenvalue weighted by molar-refractivity contribution is 0.140. The molecule has 1 saturated heterocycles. The Hall–Kier alpha value is -5.40. The number of fused-ring (bicyclic) bond motifs is 1.